The number of unbranched alkanes of at least 4 members (excludes halogenated alkanes) is 2. The standard InChI is InChI=1S/C30H40N2O4/c1-4-7-19-31(20-8-5-2)21-12-22-32-27(23-15-17-25(18-16-23)36-6-3)26(29(34)30(32)35)28(33)24-13-10-9-11-14-24/h9-11,13-18,27,33H,4-8,12,19-22H2,1-3H3/t27-/m1/s1. The van der Waals surface area contributed by atoms with Crippen LogP contribution in [0.5, 0.6) is 5.75 Å². The van der Waals surface area contributed by atoms with Gasteiger partial charge in [-0.25, -0.2) is 0 Å². The number of aliphatic hydroxyl groups is 1. The molecule has 6 heteroatoms. The van der Waals surface area contributed by atoms with Gasteiger partial charge in [-0.1, -0.05) is 69.2 Å². The first-order valence-electron chi connectivity index (χ1n) is 13.3. The van der Waals surface area contributed by atoms with Crippen LogP contribution in [0.25, 0.3) is 5.76 Å². The van der Waals surface area contributed by atoms with Crippen LogP contribution in [0.2, 0.25) is 0 Å². The van der Waals surface area contributed by atoms with E-state index < -0.39 is 17.7 Å². The predicted molar refractivity (Wildman–Crippen MR) is 144 cm³/mol. The summed E-state index contributed by atoms with van der Waals surface area (Å²) in [5, 5.41) is 11.2. The molecular weight excluding hydrogens is 452 g/mol. The van der Waals surface area contributed by atoms with Gasteiger partial charge in [-0.05, 0) is 63.5 Å². The molecule has 194 valence electrons. The van der Waals surface area contributed by atoms with Crippen LogP contribution in [-0.2, 0) is 9.59 Å². The predicted octanol–water partition coefficient (Wildman–Crippen LogP) is 5.80. The molecule has 2 aromatic carbocycles. The highest BCUT2D eigenvalue weighted by atomic mass is 16.5. The minimum atomic E-state index is -0.638. The zero-order chi connectivity index (χ0) is 25.9. The molecular formula is C30H40N2O4. The maximum absolute atomic E-state index is 13.2. The fourth-order valence-corrected chi connectivity index (χ4v) is 4.69. The molecule has 0 bridgehead atoms. The summed E-state index contributed by atoms with van der Waals surface area (Å²) in [4.78, 5) is 30.5. The topological polar surface area (TPSA) is 70.1 Å². The van der Waals surface area contributed by atoms with Crippen molar-refractivity contribution in [1.82, 2.24) is 9.80 Å². The molecule has 6 nitrogen and oxygen atoms in total. The summed E-state index contributed by atoms with van der Waals surface area (Å²) in [5.74, 6) is -0.601. The van der Waals surface area contributed by atoms with Crippen LogP contribution < -0.4 is 4.74 Å². The molecule has 0 aromatic heterocycles. The van der Waals surface area contributed by atoms with Crippen molar-refractivity contribution in [2.45, 2.75) is 58.9 Å². The molecule has 0 spiro atoms. The highest BCUT2D eigenvalue weighted by Crippen LogP contribution is 2.39. The smallest absolute Gasteiger partial charge is 0.295 e. The van der Waals surface area contributed by atoms with Crippen molar-refractivity contribution in [3.63, 3.8) is 0 Å². The van der Waals surface area contributed by atoms with Gasteiger partial charge in [0.15, 0.2) is 0 Å². The van der Waals surface area contributed by atoms with Gasteiger partial charge in [0, 0.05) is 12.1 Å². The van der Waals surface area contributed by atoms with Gasteiger partial charge in [0.05, 0.1) is 18.2 Å². The van der Waals surface area contributed by atoms with Crippen LogP contribution in [0.4, 0.5) is 0 Å². The van der Waals surface area contributed by atoms with E-state index in [9.17, 15) is 14.7 Å². The van der Waals surface area contributed by atoms with Crippen molar-refractivity contribution < 1.29 is 19.4 Å². The van der Waals surface area contributed by atoms with Crippen LogP contribution in [0.15, 0.2) is 60.2 Å². The highest BCUT2D eigenvalue weighted by molar-refractivity contribution is 6.46. The summed E-state index contributed by atoms with van der Waals surface area (Å²) in [5.41, 5.74) is 1.45. The Morgan fingerprint density at radius 1 is 0.889 bits per heavy atom. The molecule has 0 aliphatic carbocycles. The third kappa shape index (κ3) is 6.76. The second-order valence-electron chi connectivity index (χ2n) is 9.26. The van der Waals surface area contributed by atoms with E-state index in [4.69, 9.17) is 4.74 Å². The Morgan fingerprint density at radius 3 is 2.08 bits per heavy atom. The number of carbonyl (C=O) groups is 2. The lowest BCUT2D eigenvalue weighted by molar-refractivity contribution is -0.140. The van der Waals surface area contributed by atoms with E-state index in [1.54, 1.807) is 29.2 Å². The van der Waals surface area contributed by atoms with E-state index in [0.717, 1.165) is 63.1 Å². The Kier molecular flexibility index (Phi) is 10.6. The molecule has 1 atom stereocenters. The van der Waals surface area contributed by atoms with Gasteiger partial charge in [0.1, 0.15) is 11.5 Å². The van der Waals surface area contributed by atoms with Crippen LogP contribution in [0.3, 0.4) is 0 Å². The monoisotopic (exact) mass is 492 g/mol. The van der Waals surface area contributed by atoms with Gasteiger partial charge < -0.3 is 19.6 Å². The summed E-state index contributed by atoms with van der Waals surface area (Å²) < 4.78 is 5.58. The lowest BCUT2D eigenvalue weighted by atomic mass is 9.95. The molecule has 3 rings (SSSR count). The van der Waals surface area contributed by atoms with Crippen LogP contribution >= 0.6 is 0 Å². The molecule has 1 aliphatic heterocycles. The Balaban J connectivity index is 1.90. The van der Waals surface area contributed by atoms with Crippen molar-refractivity contribution in [3.8, 4) is 5.75 Å². The van der Waals surface area contributed by atoms with Gasteiger partial charge in [0.25, 0.3) is 11.7 Å². The summed E-state index contributed by atoms with van der Waals surface area (Å²) in [6.07, 6.45) is 5.36. The number of carbonyl (C=O) groups excluding carboxylic acids is 2. The number of hydrogen-bond donors (Lipinski definition) is 1. The number of benzene rings is 2. The van der Waals surface area contributed by atoms with Crippen molar-refractivity contribution in [3.05, 3.63) is 71.3 Å². The number of aliphatic hydroxyl groups excluding tert-OH is 1. The first kappa shape index (κ1) is 27.5. The van der Waals surface area contributed by atoms with E-state index in [0.29, 0.717) is 18.7 Å². The molecule has 36 heavy (non-hydrogen) atoms. The average Bonchev–Trinajstić information content (AvgIpc) is 3.15. The first-order chi connectivity index (χ1) is 17.5. The zero-order valence-corrected chi connectivity index (χ0v) is 21.9. The van der Waals surface area contributed by atoms with E-state index in [-0.39, 0.29) is 11.3 Å². The summed E-state index contributed by atoms with van der Waals surface area (Å²) in [7, 11) is 0. The van der Waals surface area contributed by atoms with Crippen molar-refractivity contribution >= 4 is 17.4 Å². The van der Waals surface area contributed by atoms with Crippen molar-refractivity contribution in [1.29, 1.82) is 0 Å². The lowest BCUT2D eigenvalue weighted by Crippen LogP contribution is -2.34. The first-order valence-corrected chi connectivity index (χ1v) is 13.3. The van der Waals surface area contributed by atoms with Gasteiger partial charge in [-0.2, -0.15) is 0 Å². The van der Waals surface area contributed by atoms with Crippen molar-refractivity contribution in [2.75, 3.05) is 32.8 Å². The fraction of sp³-hybridized carbons (Fsp3) is 0.467. The number of hydrogen-bond acceptors (Lipinski definition) is 5. The summed E-state index contributed by atoms with van der Waals surface area (Å²) >= 11 is 0. The Labute approximate surface area is 215 Å². The number of rotatable bonds is 14. The second-order valence-corrected chi connectivity index (χ2v) is 9.26. The van der Waals surface area contributed by atoms with Gasteiger partial charge >= 0.3 is 0 Å². The van der Waals surface area contributed by atoms with Gasteiger partial charge in [-0.3, -0.25) is 9.59 Å². The molecule has 1 N–H and O–H groups in total. The number of Topliss-reactive ketones (excluding diaryl/α,β-unsaturated/α-hetero) is 1. The van der Waals surface area contributed by atoms with E-state index in [1.165, 1.54) is 0 Å². The third-order valence-corrected chi connectivity index (χ3v) is 6.62. The molecule has 1 fully saturated rings. The fourth-order valence-electron chi connectivity index (χ4n) is 4.69. The van der Waals surface area contributed by atoms with E-state index >= 15 is 0 Å². The molecule has 0 saturated carbocycles. The maximum Gasteiger partial charge on any atom is 0.295 e. The van der Waals surface area contributed by atoms with Crippen LogP contribution in [-0.4, -0.2) is 59.4 Å². The number of ketones is 1. The molecule has 1 amide bonds. The molecule has 0 radical (unpaired) electrons. The Bertz CT molecular complexity index is 1010. The molecule has 1 heterocycles. The van der Waals surface area contributed by atoms with Crippen LogP contribution in [0.1, 0.15) is 70.0 Å². The molecule has 2 aromatic rings. The number of ether oxygens (including phenoxy) is 1. The highest BCUT2D eigenvalue weighted by Gasteiger charge is 2.45. The second kappa shape index (κ2) is 13.8. The van der Waals surface area contributed by atoms with E-state index in [1.807, 2.05) is 37.3 Å². The maximum atomic E-state index is 13.2. The van der Waals surface area contributed by atoms with E-state index in [2.05, 4.69) is 18.7 Å². The Hall–Kier alpha value is -3.12. The normalized spacial score (nSPS) is 17.2. The van der Waals surface area contributed by atoms with Gasteiger partial charge in [-0.15, -0.1) is 0 Å². The minimum absolute atomic E-state index is 0.136. The third-order valence-electron chi connectivity index (χ3n) is 6.62. The lowest BCUT2D eigenvalue weighted by Gasteiger charge is -2.27. The number of likely N-dealkylation sites (tertiary alicyclic amines) is 1. The van der Waals surface area contributed by atoms with Crippen molar-refractivity contribution in [2.24, 2.45) is 0 Å². The van der Waals surface area contributed by atoms with Gasteiger partial charge in [0.2, 0.25) is 0 Å². The quantitative estimate of drug-likeness (QED) is 0.205. The SMILES string of the molecule is CCCCN(CCCC)CCCN1C(=O)C(=O)C(=C(O)c2ccccc2)[C@H]1c1ccc(OCC)cc1. The minimum Gasteiger partial charge on any atom is -0.507 e. The van der Waals surface area contributed by atoms with Crippen LogP contribution in [0, 0.1) is 0 Å². The summed E-state index contributed by atoms with van der Waals surface area (Å²) in [6.45, 7) is 10.3. The number of amides is 1. The zero-order valence-electron chi connectivity index (χ0n) is 21.9. The Morgan fingerprint density at radius 2 is 1.50 bits per heavy atom. The number of nitrogens with zero attached hydrogens (tertiary/aromatic N) is 2. The molecule has 1 saturated heterocycles. The largest absolute Gasteiger partial charge is 0.507 e. The molecule has 0 unspecified atom stereocenters. The average molecular weight is 493 g/mol. The summed E-state index contributed by atoms with van der Waals surface area (Å²) in [6, 6.07) is 15.8. The molecule has 1 aliphatic rings.